The van der Waals surface area contributed by atoms with Crippen LogP contribution in [0.1, 0.15) is 5.56 Å². The molecule has 124 valence electrons. The first-order valence-corrected chi connectivity index (χ1v) is 8.87. The smallest absolute Gasteiger partial charge is 0.135 e. The molecule has 1 aromatic heterocycles. The van der Waals surface area contributed by atoms with E-state index in [0.717, 1.165) is 11.2 Å². The lowest BCUT2D eigenvalue weighted by molar-refractivity contribution is 0.669. The maximum absolute atomic E-state index is 5.93. The average molecular weight is 334 g/mol. The maximum Gasteiger partial charge on any atom is 0.135 e. The monoisotopic (exact) mass is 334 g/mol. The standard InChI is InChI=1S/C25H18O/c1-17-6-2-3-7-21(17)19-12-10-18(11-13-19)20-14-15-25-23(16-20)22-8-4-5-9-24(22)26-25/h2-16H,1H3. The molecule has 0 amide bonds. The minimum atomic E-state index is 0.937. The van der Waals surface area contributed by atoms with Crippen LogP contribution in [0.3, 0.4) is 0 Å². The Morgan fingerprint density at radius 3 is 2.04 bits per heavy atom. The zero-order valence-corrected chi connectivity index (χ0v) is 14.6. The van der Waals surface area contributed by atoms with Gasteiger partial charge in [0.05, 0.1) is 0 Å². The molecular formula is C25H18O. The van der Waals surface area contributed by atoms with Gasteiger partial charge in [-0.3, -0.25) is 0 Å². The summed E-state index contributed by atoms with van der Waals surface area (Å²) in [6, 6.07) is 31.9. The minimum absolute atomic E-state index is 0.937. The van der Waals surface area contributed by atoms with Crippen molar-refractivity contribution in [2.24, 2.45) is 0 Å². The predicted octanol–water partition coefficient (Wildman–Crippen LogP) is 7.23. The van der Waals surface area contributed by atoms with Crippen molar-refractivity contribution >= 4 is 21.9 Å². The predicted molar refractivity (Wildman–Crippen MR) is 109 cm³/mol. The van der Waals surface area contributed by atoms with Crippen molar-refractivity contribution in [1.29, 1.82) is 0 Å². The van der Waals surface area contributed by atoms with Gasteiger partial charge in [-0.25, -0.2) is 0 Å². The van der Waals surface area contributed by atoms with Crippen LogP contribution in [0.2, 0.25) is 0 Å². The van der Waals surface area contributed by atoms with Gasteiger partial charge in [-0.05, 0) is 52.9 Å². The highest BCUT2D eigenvalue weighted by Gasteiger charge is 2.08. The van der Waals surface area contributed by atoms with Gasteiger partial charge in [-0.2, -0.15) is 0 Å². The van der Waals surface area contributed by atoms with E-state index >= 15 is 0 Å². The van der Waals surface area contributed by atoms with Crippen molar-refractivity contribution in [3.8, 4) is 22.3 Å². The summed E-state index contributed by atoms with van der Waals surface area (Å²) in [7, 11) is 0. The van der Waals surface area contributed by atoms with Crippen LogP contribution < -0.4 is 0 Å². The van der Waals surface area contributed by atoms with Crippen molar-refractivity contribution in [3.05, 3.63) is 96.6 Å². The van der Waals surface area contributed by atoms with Gasteiger partial charge >= 0.3 is 0 Å². The van der Waals surface area contributed by atoms with E-state index in [0.29, 0.717) is 0 Å². The lowest BCUT2D eigenvalue weighted by Gasteiger charge is -2.07. The van der Waals surface area contributed by atoms with Crippen LogP contribution in [0.25, 0.3) is 44.2 Å². The molecule has 0 aliphatic carbocycles. The Labute approximate surface area is 152 Å². The molecule has 5 rings (SSSR count). The van der Waals surface area contributed by atoms with E-state index in [4.69, 9.17) is 4.42 Å². The SMILES string of the molecule is Cc1ccccc1-c1ccc(-c2ccc3oc4ccccc4c3c2)cc1. The zero-order valence-electron chi connectivity index (χ0n) is 14.6. The minimum Gasteiger partial charge on any atom is -0.456 e. The normalized spacial score (nSPS) is 11.3. The van der Waals surface area contributed by atoms with Gasteiger partial charge in [0, 0.05) is 10.8 Å². The lowest BCUT2D eigenvalue weighted by Crippen LogP contribution is -1.83. The summed E-state index contributed by atoms with van der Waals surface area (Å²) in [5.74, 6) is 0. The van der Waals surface area contributed by atoms with Gasteiger partial charge in [0.2, 0.25) is 0 Å². The van der Waals surface area contributed by atoms with Crippen LogP contribution in [0.15, 0.2) is 95.4 Å². The van der Waals surface area contributed by atoms with Crippen LogP contribution in [0.4, 0.5) is 0 Å². The lowest BCUT2D eigenvalue weighted by atomic mass is 9.97. The number of aryl methyl sites for hydroxylation is 1. The zero-order chi connectivity index (χ0) is 17.5. The molecule has 0 saturated heterocycles. The summed E-state index contributed by atoms with van der Waals surface area (Å²) in [6.45, 7) is 2.15. The molecule has 0 N–H and O–H groups in total. The van der Waals surface area contributed by atoms with E-state index in [1.54, 1.807) is 0 Å². The first-order valence-electron chi connectivity index (χ1n) is 8.87. The van der Waals surface area contributed by atoms with E-state index in [-0.39, 0.29) is 0 Å². The maximum atomic E-state index is 5.93. The summed E-state index contributed by atoms with van der Waals surface area (Å²) in [5.41, 5.74) is 8.14. The third kappa shape index (κ3) is 2.41. The van der Waals surface area contributed by atoms with Gasteiger partial charge in [-0.15, -0.1) is 0 Å². The molecule has 0 aliphatic rings. The largest absolute Gasteiger partial charge is 0.456 e. The number of rotatable bonds is 2. The van der Waals surface area contributed by atoms with E-state index in [1.165, 1.54) is 38.6 Å². The first kappa shape index (κ1) is 15.0. The Hall–Kier alpha value is -3.32. The topological polar surface area (TPSA) is 13.1 Å². The molecular weight excluding hydrogens is 316 g/mol. The summed E-state index contributed by atoms with van der Waals surface area (Å²) < 4.78 is 5.93. The van der Waals surface area contributed by atoms with Crippen LogP contribution in [-0.4, -0.2) is 0 Å². The molecule has 0 fully saturated rings. The summed E-state index contributed by atoms with van der Waals surface area (Å²) in [6.07, 6.45) is 0. The molecule has 26 heavy (non-hydrogen) atoms. The fourth-order valence-electron chi connectivity index (χ4n) is 3.64. The Kier molecular flexibility index (Phi) is 3.39. The third-order valence-electron chi connectivity index (χ3n) is 5.05. The van der Waals surface area contributed by atoms with E-state index in [2.05, 4.69) is 85.8 Å². The van der Waals surface area contributed by atoms with Crippen LogP contribution in [0.5, 0.6) is 0 Å². The van der Waals surface area contributed by atoms with Crippen molar-refractivity contribution < 1.29 is 4.42 Å². The summed E-state index contributed by atoms with van der Waals surface area (Å²) >= 11 is 0. The summed E-state index contributed by atoms with van der Waals surface area (Å²) in [5, 5.41) is 2.34. The van der Waals surface area contributed by atoms with Crippen molar-refractivity contribution in [1.82, 2.24) is 0 Å². The number of para-hydroxylation sites is 1. The molecule has 0 atom stereocenters. The fraction of sp³-hybridized carbons (Fsp3) is 0.0400. The number of hydrogen-bond donors (Lipinski definition) is 0. The second-order valence-electron chi connectivity index (χ2n) is 6.70. The number of fused-ring (bicyclic) bond motifs is 3. The highest BCUT2D eigenvalue weighted by atomic mass is 16.3. The molecule has 0 spiro atoms. The first-order chi connectivity index (χ1) is 12.8. The summed E-state index contributed by atoms with van der Waals surface area (Å²) in [4.78, 5) is 0. The molecule has 0 aliphatic heterocycles. The number of benzene rings is 4. The van der Waals surface area contributed by atoms with Gasteiger partial charge in [-0.1, -0.05) is 72.8 Å². The fourth-order valence-corrected chi connectivity index (χ4v) is 3.64. The van der Waals surface area contributed by atoms with Crippen LogP contribution in [-0.2, 0) is 0 Å². The molecule has 0 bridgehead atoms. The van der Waals surface area contributed by atoms with Gasteiger partial charge in [0.25, 0.3) is 0 Å². The molecule has 1 nitrogen and oxygen atoms in total. The molecule has 0 saturated carbocycles. The van der Waals surface area contributed by atoms with E-state index < -0.39 is 0 Å². The molecule has 0 unspecified atom stereocenters. The van der Waals surface area contributed by atoms with Crippen molar-refractivity contribution in [3.63, 3.8) is 0 Å². The third-order valence-corrected chi connectivity index (χ3v) is 5.05. The second-order valence-corrected chi connectivity index (χ2v) is 6.70. The Balaban J connectivity index is 1.59. The second kappa shape index (κ2) is 5.89. The Morgan fingerprint density at radius 2 is 1.19 bits per heavy atom. The number of furan rings is 1. The highest BCUT2D eigenvalue weighted by molar-refractivity contribution is 6.06. The highest BCUT2D eigenvalue weighted by Crippen LogP contribution is 2.33. The van der Waals surface area contributed by atoms with E-state index in [1.807, 2.05) is 12.1 Å². The van der Waals surface area contributed by atoms with E-state index in [9.17, 15) is 0 Å². The molecule has 4 aromatic carbocycles. The Bertz CT molecular complexity index is 1230. The van der Waals surface area contributed by atoms with Crippen LogP contribution in [0, 0.1) is 6.92 Å². The quantitative estimate of drug-likeness (QED) is 0.332. The van der Waals surface area contributed by atoms with Crippen molar-refractivity contribution in [2.45, 2.75) is 6.92 Å². The number of hydrogen-bond acceptors (Lipinski definition) is 1. The van der Waals surface area contributed by atoms with Gasteiger partial charge in [0.1, 0.15) is 11.2 Å². The van der Waals surface area contributed by atoms with Crippen molar-refractivity contribution in [2.75, 3.05) is 0 Å². The Morgan fingerprint density at radius 1 is 0.538 bits per heavy atom. The van der Waals surface area contributed by atoms with Gasteiger partial charge < -0.3 is 4.42 Å². The molecule has 1 heterocycles. The molecule has 5 aromatic rings. The molecule has 0 radical (unpaired) electrons. The van der Waals surface area contributed by atoms with Crippen LogP contribution >= 0.6 is 0 Å². The average Bonchev–Trinajstić information content (AvgIpc) is 3.06. The molecule has 1 heteroatoms. The van der Waals surface area contributed by atoms with Gasteiger partial charge in [0.15, 0.2) is 0 Å².